The predicted molar refractivity (Wildman–Crippen MR) is 297 cm³/mol. The van der Waals surface area contributed by atoms with Crippen molar-refractivity contribution in [3.8, 4) is 0 Å². The highest BCUT2D eigenvalue weighted by Gasteiger charge is 2.55. The molecule has 30 atom stereocenters. The molecule has 1 aromatic rings. The van der Waals surface area contributed by atoms with Crippen molar-refractivity contribution >= 4 is 0 Å². The second-order valence-electron chi connectivity index (χ2n) is 24.7. The van der Waals surface area contributed by atoms with Crippen molar-refractivity contribution in [3.05, 3.63) is 46.3 Å². The van der Waals surface area contributed by atoms with Crippen LogP contribution in [-0.2, 0) is 68.2 Å². The van der Waals surface area contributed by atoms with Crippen molar-refractivity contribution in [1.82, 2.24) is 0 Å². The second kappa shape index (κ2) is 29.6. The van der Waals surface area contributed by atoms with Crippen LogP contribution in [0.4, 0.5) is 0 Å². The molecule has 452 valence electrons. The smallest absolute Gasteiger partial charge is 0.184 e. The molecule has 6 aliphatic rings. The van der Waals surface area contributed by atoms with Gasteiger partial charge in [0.05, 0.1) is 81.4 Å². The zero-order valence-corrected chi connectivity index (χ0v) is 50.6. The number of aliphatic hydroxyl groups excluding tert-OH is 2. The average Bonchev–Trinajstić information content (AvgIpc) is 3.46. The Labute approximate surface area is 473 Å². The Hall–Kier alpha value is -2.07. The van der Waals surface area contributed by atoms with Gasteiger partial charge in [-0.05, 0) is 78.2 Å². The van der Waals surface area contributed by atoms with Gasteiger partial charge in [0.2, 0.25) is 0 Å². The van der Waals surface area contributed by atoms with Crippen LogP contribution in [0.25, 0.3) is 10.4 Å². The Morgan fingerprint density at radius 3 is 1.37 bits per heavy atom. The van der Waals surface area contributed by atoms with Gasteiger partial charge in [0, 0.05) is 41.0 Å². The first-order valence-corrected chi connectivity index (χ1v) is 30.5. The number of nitrogens with zero attached hydrogens (tertiary/aromatic N) is 3. The third-order valence-corrected chi connectivity index (χ3v) is 20.0. The zero-order valence-electron chi connectivity index (χ0n) is 50.6. The Balaban J connectivity index is 1.02. The molecule has 0 bridgehead atoms. The molecular weight excluding hydrogens is 1010 g/mol. The van der Waals surface area contributed by atoms with E-state index in [4.69, 9.17) is 67.1 Å². The highest BCUT2D eigenvalue weighted by molar-refractivity contribution is 5.13. The molecule has 6 saturated heterocycles. The first-order chi connectivity index (χ1) is 37.8. The summed E-state index contributed by atoms with van der Waals surface area (Å²) in [6.07, 6.45) is -6.48. The maximum Gasteiger partial charge on any atom is 0.184 e. The monoisotopic (exact) mass is 1120 g/mol. The number of benzene rings is 1. The van der Waals surface area contributed by atoms with Crippen molar-refractivity contribution in [2.45, 2.75) is 254 Å². The molecule has 6 aliphatic heterocycles. The maximum atomic E-state index is 12.0. The van der Waals surface area contributed by atoms with Gasteiger partial charge in [-0.1, -0.05) is 146 Å². The predicted octanol–water partition coefficient (Wildman–Crippen LogP) is 10.4. The Morgan fingerprint density at radius 1 is 0.456 bits per heavy atom. The van der Waals surface area contributed by atoms with Crippen molar-refractivity contribution in [2.75, 3.05) is 26.4 Å². The molecule has 6 fully saturated rings. The van der Waals surface area contributed by atoms with E-state index < -0.39 is 80.8 Å². The summed E-state index contributed by atoms with van der Waals surface area (Å²) in [7, 11) is 0. The fourth-order valence-electron chi connectivity index (χ4n) is 13.2. The number of hydrogen-bond acceptors (Lipinski definition) is 16. The molecule has 0 aromatic heterocycles. The lowest BCUT2D eigenvalue weighted by molar-refractivity contribution is -0.382. The molecule has 6 heterocycles. The maximum absolute atomic E-state index is 12.0. The summed E-state index contributed by atoms with van der Waals surface area (Å²) >= 11 is 0. The molecular formula is C61H103N3O15. The fourth-order valence-corrected chi connectivity index (χ4v) is 13.2. The van der Waals surface area contributed by atoms with E-state index >= 15 is 0 Å². The third-order valence-electron chi connectivity index (χ3n) is 20.0. The van der Waals surface area contributed by atoms with Crippen LogP contribution in [0.3, 0.4) is 0 Å². The van der Waals surface area contributed by atoms with Gasteiger partial charge >= 0.3 is 0 Å². The van der Waals surface area contributed by atoms with Crippen molar-refractivity contribution in [2.24, 2.45) is 76.1 Å². The van der Waals surface area contributed by atoms with E-state index in [9.17, 15) is 10.2 Å². The van der Waals surface area contributed by atoms with Gasteiger partial charge in [-0.2, -0.15) is 0 Å². The van der Waals surface area contributed by atoms with Gasteiger partial charge in [0.15, 0.2) is 37.7 Å². The third kappa shape index (κ3) is 14.7. The molecule has 18 heteroatoms. The summed E-state index contributed by atoms with van der Waals surface area (Å²) in [5.74, 6) is 0.370. The van der Waals surface area contributed by atoms with Crippen LogP contribution in [0.1, 0.15) is 142 Å². The number of aliphatic hydroxyl groups is 2. The van der Waals surface area contributed by atoms with Crippen molar-refractivity contribution in [1.29, 1.82) is 0 Å². The minimum atomic E-state index is -1.19. The topological polar surface area (TPSA) is 209 Å². The summed E-state index contributed by atoms with van der Waals surface area (Å²) in [4.78, 5) is 2.83. The van der Waals surface area contributed by atoms with Gasteiger partial charge in [0.25, 0.3) is 0 Å². The lowest BCUT2D eigenvalue weighted by Crippen LogP contribution is -2.62. The van der Waals surface area contributed by atoms with Crippen molar-refractivity contribution < 1.29 is 71.8 Å². The van der Waals surface area contributed by atoms with Gasteiger partial charge in [0.1, 0.15) is 18.3 Å². The van der Waals surface area contributed by atoms with Crippen LogP contribution in [-0.4, -0.2) is 148 Å². The van der Waals surface area contributed by atoms with Gasteiger partial charge < -0.3 is 71.8 Å². The summed E-state index contributed by atoms with van der Waals surface area (Å²) in [6.45, 7) is 35.5. The number of ether oxygens (including phenoxy) is 13. The standard InChI is InChI=1S/C61H103N3O15/c1-17-44-33(7)34(8)55(79-59-41(15)37(11)52(46(19-3)72-59)75-57-38(12)31(5)32(6)49(74-57)30-67-29-43-24-22-21-23-25-43)61(69-44)78-54-42(16)60(73-48(28-65)50(54)66)77-53-36(10)40(14)58(71-47(53)20-4)76-51-35(9)39(13)56(70-45(51)18-2)68-27-26-63-64-62/h21-25,31-42,44-61,65-66H,17-20,26-30H2,1-16H3/t31?,32-,33+,34?,35?,36?,37?,38+,39+,40+,41+,42-,44+,45?,46?,47?,48?,49?,50-,51+,52+,53+,54?,55?,56-,57+,58+,59+,60+,61-/m1/s1. The molecule has 0 aliphatic carbocycles. The molecule has 7 rings (SSSR count). The number of rotatable bonds is 23. The quantitative estimate of drug-likeness (QED) is 0.0452. The van der Waals surface area contributed by atoms with Gasteiger partial charge in [-0.3, -0.25) is 0 Å². The molecule has 12 unspecified atom stereocenters. The Morgan fingerprint density at radius 2 is 0.861 bits per heavy atom. The van der Waals surface area contributed by atoms with E-state index in [0.717, 1.165) is 18.4 Å². The summed E-state index contributed by atoms with van der Waals surface area (Å²) in [5.41, 5.74) is 9.85. The molecule has 79 heavy (non-hydrogen) atoms. The first-order valence-electron chi connectivity index (χ1n) is 30.5. The van der Waals surface area contributed by atoms with Crippen LogP contribution < -0.4 is 0 Å². The summed E-state index contributed by atoms with van der Waals surface area (Å²) < 4.78 is 87.9. The highest BCUT2D eigenvalue weighted by atomic mass is 16.8. The molecule has 18 nitrogen and oxygen atoms in total. The Kier molecular flexibility index (Phi) is 24.2. The summed E-state index contributed by atoms with van der Waals surface area (Å²) in [5, 5.41) is 26.4. The van der Waals surface area contributed by atoms with Crippen molar-refractivity contribution in [3.63, 3.8) is 0 Å². The highest BCUT2D eigenvalue weighted by Crippen LogP contribution is 2.46. The normalized spacial score (nSPS) is 46.9. The van der Waals surface area contributed by atoms with E-state index in [1.807, 2.05) is 25.1 Å². The molecule has 1 aromatic carbocycles. The molecule has 0 saturated carbocycles. The van der Waals surface area contributed by atoms with Crippen LogP contribution in [0, 0.1) is 71.0 Å². The van der Waals surface area contributed by atoms with E-state index in [0.29, 0.717) is 37.9 Å². The largest absolute Gasteiger partial charge is 0.394 e. The van der Waals surface area contributed by atoms with Crippen LogP contribution in [0.2, 0.25) is 0 Å². The minimum Gasteiger partial charge on any atom is -0.394 e. The average molecular weight is 1120 g/mol. The van der Waals surface area contributed by atoms with E-state index in [1.165, 1.54) is 0 Å². The van der Waals surface area contributed by atoms with Crippen LogP contribution >= 0.6 is 0 Å². The minimum absolute atomic E-state index is 0.0101. The lowest BCUT2D eigenvalue weighted by Gasteiger charge is -2.52. The Bertz CT molecular complexity index is 2000. The van der Waals surface area contributed by atoms with E-state index in [-0.39, 0.29) is 109 Å². The molecule has 0 amide bonds. The fraction of sp³-hybridized carbons (Fsp3) is 0.902. The lowest BCUT2D eigenvalue weighted by atomic mass is 9.78. The number of hydrogen-bond donors (Lipinski definition) is 2. The first kappa shape index (κ1) is 64.5. The van der Waals surface area contributed by atoms with Crippen LogP contribution in [0.5, 0.6) is 0 Å². The zero-order chi connectivity index (χ0) is 57.4. The molecule has 0 spiro atoms. The van der Waals surface area contributed by atoms with E-state index in [2.05, 4.69) is 126 Å². The van der Waals surface area contributed by atoms with Crippen LogP contribution in [0.15, 0.2) is 35.4 Å². The van der Waals surface area contributed by atoms with E-state index in [1.54, 1.807) is 0 Å². The number of azide groups is 1. The summed E-state index contributed by atoms with van der Waals surface area (Å²) in [6, 6.07) is 10.2. The SMILES string of the molecule is CCC1O[C@@H](OCCN=[N+]=[N-])[C@@H](C)C(C)[C@@H]1O[C@@H]1OC(CC)[C@@H](O[C@@H]2OC(CO)[C@@H](O)C(O[C@H]3O[C@@H](CC)[C@@H](C)C(C)C3O[C@@H]3OC(CC)[C@@H](O[C@@H]4OC(COCc5ccccc5)[C@H](C)C(C)[C@@H]4C)C(C)[C@@H]3C)[C@H]2C)C(C)[C@@H]1C. The van der Waals surface area contributed by atoms with Gasteiger partial charge in [-0.15, -0.1) is 0 Å². The molecule has 0 radical (unpaired) electrons. The molecule has 2 N–H and O–H groups in total. The van der Waals surface area contributed by atoms with Gasteiger partial charge in [-0.25, -0.2) is 0 Å². The second-order valence-corrected chi connectivity index (χ2v) is 24.7.